The zero-order chi connectivity index (χ0) is 11.4. The standard InChI is InChI=1S/C10H8Cl2O3/c1-15-10(14)3-6-2-7(11)4-9(12)8(6)5-13/h2,4-5H,3H2,1H3. The number of hydrogen-bond donors (Lipinski definition) is 0. The Morgan fingerprint density at radius 3 is 2.67 bits per heavy atom. The lowest BCUT2D eigenvalue weighted by Gasteiger charge is -2.06. The second-order valence-electron chi connectivity index (χ2n) is 2.83. The van der Waals surface area contributed by atoms with Crippen LogP contribution in [-0.2, 0) is 16.0 Å². The second kappa shape index (κ2) is 5.14. The first-order chi connectivity index (χ1) is 7.08. The molecule has 1 rings (SSSR count). The van der Waals surface area contributed by atoms with Gasteiger partial charge in [0.05, 0.1) is 18.6 Å². The smallest absolute Gasteiger partial charge is 0.310 e. The van der Waals surface area contributed by atoms with Crippen molar-refractivity contribution in [2.45, 2.75) is 6.42 Å². The number of benzene rings is 1. The van der Waals surface area contributed by atoms with Crippen LogP contribution in [0.15, 0.2) is 12.1 Å². The van der Waals surface area contributed by atoms with Crippen LogP contribution in [-0.4, -0.2) is 19.4 Å². The Morgan fingerprint density at radius 1 is 1.47 bits per heavy atom. The van der Waals surface area contributed by atoms with Gasteiger partial charge >= 0.3 is 5.97 Å². The highest BCUT2D eigenvalue weighted by Gasteiger charge is 2.12. The van der Waals surface area contributed by atoms with Crippen molar-refractivity contribution in [3.05, 3.63) is 33.3 Å². The van der Waals surface area contributed by atoms with Gasteiger partial charge in [0.25, 0.3) is 0 Å². The number of carbonyl (C=O) groups is 2. The molecule has 15 heavy (non-hydrogen) atoms. The van der Waals surface area contributed by atoms with Crippen LogP contribution < -0.4 is 0 Å². The van der Waals surface area contributed by atoms with E-state index in [-0.39, 0.29) is 17.0 Å². The van der Waals surface area contributed by atoms with E-state index < -0.39 is 5.97 Å². The molecule has 0 aliphatic heterocycles. The molecule has 0 aromatic heterocycles. The molecule has 0 radical (unpaired) electrons. The lowest BCUT2D eigenvalue weighted by molar-refractivity contribution is -0.139. The number of carbonyl (C=O) groups excluding carboxylic acids is 2. The Balaban J connectivity index is 3.14. The highest BCUT2D eigenvalue weighted by atomic mass is 35.5. The molecule has 0 atom stereocenters. The van der Waals surface area contributed by atoms with Crippen molar-refractivity contribution in [2.24, 2.45) is 0 Å². The molecule has 5 heteroatoms. The monoisotopic (exact) mass is 246 g/mol. The van der Waals surface area contributed by atoms with Crippen molar-refractivity contribution < 1.29 is 14.3 Å². The van der Waals surface area contributed by atoms with Crippen molar-refractivity contribution in [1.82, 2.24) is 0 Å². The van der Waals surface area contributed by atoms with E-state index in [0.29, 0.717) is 16.9 Å². The molecule has 1 aromatic carbocycles. The van der Waals surface area contributed by atoms with Crippen LogP contribution in [0.3, 0.4) is 0 Å². The molecule has 0 aliphatic carbocycles. The number of aldehydes is 1. The zero-order valence-electron chi connectivity index (χ0n) is 7.92. The first-order valence-corrected chi connectivity index (χ1v) is 4.84. The van der Waals surface area contributed by atoms with Gasteiger partial charge in [0.1, 0.15) is 0 Å². The minimum atomic E-state index is -0.448. The molecule has 1 aromatic rings. The normalized spacial score (nSPS) is 9.80. The van der Waals surface area contributed by atoms with Crippen LogP contribution in [0, 0.1) is 0 Å². The van der Waals surface area contributed by atoms with Gasteiger partial charge in [0, 0.05) is 10.6 Å². The summed E-state index contributed by atoms with van der Waals surface area (Å²) in [7, 11) is 1.27. The lowest BCUT2D eigenvalue weighted by Crippen LogP contribution is -2.07. The number of halogens is 2. The van der Waals surface area contributed by atoms with Crippen LogP contribution in [0.2, 0.25) is 10.0 Å². The Bertz CT molecular complexity index is 402. The van der Waals surface area contributed by atoms with Crippen LogP contribution in [0.25, 0.3) is 0 Å². The van der Waals surface area contributed by atoms with Gasteiger partial charge in [0.2, 0.25) is 0 Å². The lowest BCUT2D eigenvalue weighted by atomic mass is 10.1. The molecule has 80 valence electrons. The summed E-state index contributed by atoms with van der Waals surface area (Å²) in [6, 6.07) is 2.97. The van der Waals surface area contributed by atoms with Gasteiger partial charge in [-0.05, 0) is 17.7 Å². The third kappa shape index (κ3) is 2.94. The predicted molar refractivity (Wildman–Crippen MR) is 57.6 cm³/mol. The van der Waals surface area contributed by atoms with Gasteiger partial charge in [0.15, 0.2) is 6.29 Å². The topological polar surface area (TPSA) is 43.4 Å². The van der Waals surface area contributed by atoms with E-state index in [1.807, 2.05) is 0 Å². The van der Waals surface area contributed by atoms with Crippen molar-refractivity contribution in [3.63, 3.8) is 0 Å². The highest BCUT2D eigenvalue weighted by molar-refractivity contribution is 6.36. The first-order valence-electron chi connectivity index (χ1n) is 4.08. The molecule has 0 heterocycles. The zero-order valence-corrected chi connectivity index (χ0v) is 9.43. The number of esters is 1. The van der Waals surface area contributed by atoms with Gasteiger partial charge in [-0.15, -0.1) is 0 Å². The quantitative estimate of drug-likeness (QED) is 0.608. The van der Waals surface area contributed by atoms with Gasteiger partial charge < -0.3 is 4.74 Å². The Hall–Kier alpha value is -1.06. The maximum absolute atomic E-state index is 11.0. The summed E-state index contributed by atoms with van der Waals surface area (Å²) in [5.41, 5.74) is 0.737. The molecular weight excluding hydrogens is 239 g/mol. The van der Waals surface area contributed by atoms with E-state index in [9.17, 15) is 9.59 Å². The molecule has 0 bridgehead atoms. The SMILES string of the molecule is COC(=O)Cc1cc(Cl)cc(Cl)c1C=O. The van der Waals surface area contributed by atoms with Gasteiger partial charge in [-0.3, -0.25) is 9.59 Å². The highest BCUT2D eigenvalue weighted by Crippen LogP contribution is 2.24. The van der Waals surface area contributed by atoms with E-state index in [1.165, 1.54) is 19.2 Å². The van der Waals surface area contributed by atoms with Crippen LogP contribution in [0.4, 0.5) is 0 Å². The summed E-state index contributed by atoms with van der Waals surface area (Å²) in [5.74, 6) is -0.448. The average Bonchev–Trinajstić information content (AvgIpc) is 2.17. The Labute approximate surface area is 96.9 Å². The minimum absolute atomic E-state index is 0.0230. The van der Waals surface area contributed by atoms with Crippen LogP contribution in [0.1, 0.15) is 15.9 Å². The Morgan fingerprint density at radius 2 is 2.13 bits per heavy atom. The van der Waals surface area contributed by atoms with Crippen LogP contribution in [0.5, 0.6) is 0 Å². The minimum Gasteiger partial charge on any atom is -0.469 e. The molecule has 0 unspecified atom stereocenters. The molecule has 0 saturated carbocycles. The fourth-order valence-electron chi connectivity index (χ4n) is 1.14. The molecule has 0 amide bonds. The molecule has 0 saturated heterocycles. The molecule has 0 spiro atoms. The maximum Gasteiger partial charge on any atom is 0.310 e. The second-order valence-corrected chi connectivity index (χ2v) is 3.67. The average molecular weight is 247 g/mol. The summed E-state index contributed by atoms with van der Waals surface area (Å²) in [5, 5.41) is 0.612. The summed E-state index contributed by atoms with van der Waals surface area (Å²) in [6.45, 7) is 0. The summed E-state index contributed by atoms with van der Waals surface area (Å²) in [4.78, 5) is 21.8. The van der Waals surface area contributed by atoms with Gasteiger partial charge in [-0.1, -0.05) is 23.2 Å². The predicted octanol–water partition coefficient (Wildman–Crippen LogP) is 2.52. The van der Waals surface area contributed by atoms with Crippen molar-refractivity contribution >= 4 is 35.5 Å². The summed E-state index contributed by atoms with van der Waals surface area (Å²) >= 11 is 11.5. The van der Waals surface area contributed by atoms with Crippen molar-refractivity contribution in [2.75, 3.05) is 7.11 Å². The van der Waals surface area contributed by atoms with E-state index in [1.54, 1.807) is 0 Å². The molecule has 0 N–H and O–H groups in total. The first kappa shape index (κ1) is 12.0. The largest absolute Gasteiger partial charge is 0.469 e. The van der Waals surface area contributed by atoms with E-state index in [4.69, 9.17) is 23.2 Å². The van der Waals surface area contributed by atoms with E-state index >= 15 is 0 Å². The maximum atomic E-state index is 11.0. The number of ether oxygens (including phenoxy) is 1. The van der Waals surface area contributed by atoms with E-state index in [2.05, 4.69) is 4.74 Å². The number of hydrogen-bond acceptors (Lipinski definition) is 3. The molecule has 0 aliphatic rings. The molecule has 3 nitrogen and oxygen atoms in total. The molecular formula is C10H8Cl2O3. The number of methoxy groups -OCH3 is 1. The fourth-order valence-corrected chi connectivity index (χ4v) is 1.72. The molecule has 0 fully saturated rings. The van der Waals surface area contributed by atoms with Gasteiger partial charge in [-0.2, -0.15) is 0 Å². The van der Waals surface area contributed by atoms with Crippen LogP contribution >= 0.6 is 23.2 Å². The summed E-state index contributed by atoms with van der Waals surface area (Å²) < 4.78 is 4.49. The van der Waals surface area contributed by atoms with Gasteiger partial charge in [-0.25, -0.2) is 0 Å². The van der Waals surface area contributed by atoms with Crippen molar-refractivity contribution in [3.8, 4) is 0 Å². The third-order valence-corrected chi connectivity index (χ3v) is 2.39. The fraction of sp³-hybridized carbons (Fsp3) is 0.200. The third-order valence-electron chi connectivity index (χ3n) is 1.86. The Kier molecular flexibility index (Phi) is 4.12. The number of rotatable bonds is 3. The van der Waals surface area contributed by atoms with E-state index in [0.717, 1.165) is 0 Å². The summed E-state index contributed by atoms with van der Waals surface area (Å²) in [6.07, 6.45) is 0.571. The van der Waals surface area contributed by atoms with Crippen molar-refractivity contribution in [1.29, 1.82) is 0 Å².